The summed E-state index contributed by atoms with van der Waals surface area (Å²) < 4.78 is 27.5. The minimum absolute atomic E-state index is 0.294. The van der Waals surface area contributed by atoms with Crippen molar-refractivity contribution in [3.63, 3.8) is 0 Å². The predicted molar refractivity (Wildman–Crippen MR) is 105 cm³/mol. The Hall–Kier alpha value is -1.37. The fourth-order valence-corrected chi connectivity index (χ4v) is 5.25. The normalized spacial score (nSPS) is 15.6. The number of halogens is 1. The Morgan fingerprint density at radius 1 is 1.00 bits per heavy atom. The molecule has 0 saturated carbocycles. The van der Waals surface area contributed by atoms with Crippen molar-refractivity contribution in [3.05, 3.63) is 58.6 Å². The zero-order chi connectivity index (χ0) is 17.9. The van der Waals surface area contributed by atoms with E-state index in [1.165, 1.54) is 29.3 Å². The molecular weight excluding hydrogens is 400 g/mol. The van der Waals surface area contributed by atoms with Crippen molar-refractivity contribution in [2.24, 2.45) is 0 Å². The number of nitrogens with zero attached hydrogens (tertiary/aromatic N) is 2. The topological polar surface area (TPSA) is 40.6 Å². The Morgan fingerprint density at radius 2 is 1.64 bits per heavy atom. The van der Waals surface area contributed by atoms with Crippen LogP contribution in [0, 0.1) is 0 Å². The van der Waals surface area contributed by atoms with Gasteiger partial charge in [-0.05, 0) is 65.0 Å². The lowest BCUT2D eigenvalue weighted by molar-refractivity contribution is 0.466. The zero-order valence-corrected chi connectivity index (χ0v) is 16.8. The second kappa shape index (κ2) is 7.89. The van der Waals surface area contributed by atoms with Gasteiger partial charge in [0.05, 0.1) is 4.90 Å². The summed E-state index contributed by atoms with van der Waals surface area (Å²) >= 11 is 3.33. The number of piperidine rings is 1. The number of rotatable bonds is 5. The summed E-state index contributed by atoms with van der Waals surface area (Å²) in [6.07, 6.45) is 3.80. The first-order valence-electron chi connectivity index (χ1n) is 8.53. The molecule has 0 aromatic heterocycles. The lowest BCUT2D eigenvalue weighted by Crippen LogP contribution is -2.29. The molecule has 1 aliphatic heterocycles. The maximum atomic E-state index is 12.8. The lowest BCUT2D eigenvalue weighted by atomic mass is 10.1. The van der Waals surface area contributed by atoms with Crippen LogP contribution in [-0.2, 0) is 16.6 Å². The molecule has 0 aliphatic carbocycles. The highest BCUT2D eigenvalue weighted by molar-refractivity contribution is 9.10. The van der Waals surface area contributed by atoms with Gasteiger partial charge in [0.25, 0.3) is 0 Å². The molecule has 1 aliphatic rings. The SMILES string of the molecule is CN(Cc1ccc(N2CCCCC2)cc1)S(=O)(=O)c1ccccc1Br. The first kappa shape index (κ1) is 18.4. The summed E-state index contributed by atoms with van der Waals surface area (Å²) in [5.41, 5.74) is 2.21. The standard InChI is InChI=1S/C19H23BrN2O2S/c1-21(25(23,24)19-8-4-3-7-18(19)20)15-16-9-11-17(12-10-16)22-13-5-2-6-14-22/h3-4,7-12H,2,5-6,13-15H2,1H3. The number of anilines is 1. The van der Waals surface area contributed by atoms with Crippen LogP contribution in [-0.4, -0.2) is 32.9 Å². The van der Waals surface area contributed by atoms with Crippen LogP contribution in [0.5, 0.6) is 0 Å². The molecule has 2 aromatic rings. The largest absolute Gasteiger partial charge is 0.372 e. The third kappa shape index (κ3) is 4.25. The lowest BCUT2D eigenvalue weighted by Gasteiger charge is -2.29. The van der Waals surface area contributed by atoms with Gasteiger partial charge in [-0.1, -0.05) is 24.3 Å². The molecule has 0 N–H and O–H groups in total. The molecule has 1 saturated heterocycles. The van der Waals surface area contributed by atoms with Gasteiger partial charge in [-0.3, -0.25) is 0 Å². The van der Waals surface area contributed by atoms with Crippen molar-refractivity contribution in [3.8, 4) is 0 Å². The second-order valence-corrected chi connectivity index (χ2v) is 9.27. The van der Waals surface area contributed by atoms with E-state index in [4.69, 9.17) is 0 Å². The van der Waals surface area contributed by atoms with E-state index in [0.717, 1.165) is 18.7 Å². The van der Waals surface area contributed by atoms with Gasteiger partial charge in [-0.25, -0.2) is 8.42 Å². The highest BCUT2D eigenvalue weighted by Crippen LogP contribution is 2.26. The molecule has 6 heteroatoms. The van der Waals surface area contributed by atoms with E-state index in [0.29, 0.717) is 15.9 Å². The maximum absolute atomic E-state index is 12.8. The third-order valence-corrected chi connectivity index (χ3v) is 7.40. The summed E-state index contributed by atoms with van der Waals surface area (Å²) in [5, 5.41) is 0. The smallest absolute Gasteiger partial charge is 0.244 e. The number of benzene rings is 2. The van der Waals surface area contributed by atoms with E-state index in [1.54, 1.807) is 25.2 Å². The van der Waals surface area contributed by atoms with Gasteiger partial charge in [-0.2, -0.15) is 4.31 Å². The summed E-state index contributed by atoms with van der Waals surface area (Å²) in [6.45, 7) is 2.56. The van der Waals surface area contributed by atoms with Crippen LogP contribution < -0.4 is 4.90 Å². The van der Waals surface area contributed by atoms with E-state index in [2.05, 4.69) is 33.0 Å². The average molecular weight is 423 g/mol. The van der Waals surface area contributed by atoms with Crippen LogP contribution in [0.4, 0.5) is 5.69 Å². The van der Waals surface area contributed by atoms with Gasteiger partial charge >= 0.3 is 0 Å². The van der Waals surface area contributed by atoms with Gasteiger partial charge in [0.1, 0.15) is 0 Å². The minimum Gasteiger partial charge on any atom is -0.372 e. The molecule has 4 nitrogen and oxygen atoms in total. The molecule has 0 atom stereocenters. The quantitative estimate of drug-likeness (QED) is 0.722. The highest BCUT2D eigenvalue weighted by Gasteiger charge is 2.23. The molecule has 25 heavy (non-hydrogen) atoms. The summed E-state index contributed by atoms with van der Waals surface area (Å²) in [4.78, 5) is 2.69. The molecule has 0 unspecified atom stereocenters. The van der Waals surface area contributed by atoms with Crippen LogP contribution in [0.3, 0.4) is 0 Å². The minimum atomic E-state index is -3.52. The Balaban J connectivity index is 1.72. The molecule has 0 radical (unpaired) electrons. The van der Waals surface area contributed by atoms with Crippen LogP contribution in [0.1, 0.15) is 24.8 Å². The van der Waals surface area contributed by atoms with E-state index in [1.807, 2.05) is 18.2 Å². The fraction of sp³-hybridized carbons (Fsp3) is 0.368. The Kier molecular flexibility index (Phi) is 5.81. The van der Waals surface area contributed by atoms with Crippen LogP contribution >= 0.6 is 15.9 Å². The van der Waals surface area contributed by atoms with E-state index < -0.39 is 10.0 Å². The average Bonchev–Trinajstić information content (AvgIpc) is 2.63. The molecule has 1 heterocycles. The first-order chi connectivity index (χ1) is 12.0. The summed E-state index contributed by atoms with van der Waals surface area (Å²) in [7, 11) is -1.90. The number of sulfonamides is 1. The van der Waals surface area contributed by atoms with Crippen molar-refractivity contribution in [2.75, 3.05) is 25.0 Å². The van der Waals surface area contributed by atoms with Gasteiger partial charge in [0.2, 0.25) is 10.0 Å². The molecular formula is C19H23BrN2O2S. The maximum Gasteiger partial charge on any atom is 0.244 e. The van der Waals surface area contributed by atoms with Gasteiger partial charge < -0.3 is 4.90 Å². The van der Waals surface area contributed by atoms with Gasteiger partial charge in [-0.15, -0.1) is 0 Å². The molecule has 0 bridgehead atoms. The zero-order valence-electron chi connectivity index (χ0n) is 14.4. The Morgan fingerprint density at radius 3 is 2.28 bits per heavy atom. The van der Waals surface area contributed by atoms with Crippen molar-refractivity contribution in [1.29, 1.82) is 0 Å². The molecule has 3 rings (SSSR count). The fourth-order valence-electron chi connectivity index (χ4n) is 3.13. The molecule has 0 spiro atoms. The van der Waals surface area contributed by atoms with E-state index in [9.17, 15) is 8.42 Å². The van der Waals surface area contributed by atoms with Crippen molar-refractivity contribution >= 4 is 31.6 Å². The van der Waals surface area contributed by atoms with Crippen LogP contribution in [0.15, 0.2) is 57.9 Å². The molecule has 1 fully saturated rings. The van der Waals surface area contributed by atoms with Crippen molar-refractivity contribution in [1.82, 2.24) is 4.31 Å². The molecule has 0 amide bonds. The first-order valence-corrected chi connectivity index (χ1v) is 10.8. The second-order valence-electron chi connectivity index (χ2n) is 6.41. The van der Waals surface area contributed by atoms with E-state index >= 15 is 0 Å². The summed E-state index contributed by atoms with van der Waals surface area (Å²) in [6, 6.07) is 15.1. The van der Waals surface area contributed by atoms with Crippen LogP contribution in [0.2, 0.25) is 0 Å². The van der Waals surface area contributed by atoms with Gasteiger partial charge in [0.15, 0.2) is 0 Å². The van der Waals surface area contributed by atoms with Crippen molar-refractivity contribution < 1.29 is 8.42 Å². The van der Waals surface area contributed by atoms with Crippen molar-refractivity contribution in [2.45, 2.75) is 30.7 Å². The Labute approximate surface area is 158 Å². The predicted octanol–water partition coefficient (Wildman–Crippen LogP) is 4.26. The Bertz CT molecular complexity index is 816. The van der Waals surface area contributed by atoms with Gasteiger partial charge in [0, 0.05) is 36.8 Å². The van der Waals surface area contributed by atoms with E-state index in [-0.39, 0.29) is 0 Å². The third-order valence-electron chi connectivity index (χ3n) is 4.59. The highest BCUT2D eigenvalue weighted by atomic mass is 79.9. The number of hydrogen-bond acceptors (Lipinski definition) is 3. The van der Waals surface area contributed by atoms with Crippen LogP contribution in [0.25, 0.3) is 0 Å². The summed E-state index contributed by atoms with van der Waals surface area (Å²) in [5.74, 6) is 0. The number of hydrogen-bond donors (Lipinski definition) is 0. The monoisotopic (exact) mass is 422 g/mol. The molecule has 134 valence electrons. The molecule has 2 aromatic carbocycles.